The van der Waals surface area contributed by atoms with Crippen molar-refractivity contribution in [1.82, 2.24) is 10.2 Å². The largest absolute Gasteiger partial charge is 0.454 e. The Balaban J connectivity index is 1.90. The third kappa shape index (κ3) is 1.55. The molecule has 0 saturated carbocycles. The fourth-order valence-electron chi connectivity index (χ4n) is 2.26. The molecular weight excluding hydrogens is 247 g/mol. The predicted octanol–water partition coefficient (Wildman–Crippen LogP) is 3.10. The summed E-state index contributed by atoms with van der Waals surface area (Å²) in [6.07, 6.45) is 0. The first-order valence-electron chi connectivity index (χ1n) is 5.85. The number of hydrogen-bond acceptors (Lipinski definition) is 3. The molecule has 2 heterocycles. The van der Waals surface area contributed by atoms with Crippen LogP contribution in [0.4, 0.5) is 4.39 Å². The number of halogens is 1. The quantitative estimate of drug-likeness (QED) is 0.727. The van der Waals surface area contributed by atoms with Crippen molar-refractivity contribution in [2.24, 2.45) is 0 Å². The summed E-state index contributed by atoms with van der Waals surface area (Å²) >= 11 is 0. The van der Waals surface area contributed by atoms with Gasteiger partial charge >= 0.3 is 0 Å². The number of hydrogen-bond donors (Lipinski definition) is 1. The lowest BCUT2D eigenvalue weighted by Crippen LogP contribution is -1.92. The Morgan fingerprint density at radius 1 is 1.05 bits per heavy atom. The summed E-state index contributed by atoms with van der Waals surface area (Å²) in [5.41, 5.74) is 2.35. The fourth-order valence-corrected chi connectivity index (χ4v) is 2.26. The second-order valence-electron chi connectivity index (χ2n) is 4.33. The third-order valence-corrected chi connectivity index (χ3v) is 3.17. The Morgan fingerprint density at radius 3 is 2.89 bits per heavy atom. The highest BCUT2D eigenvalue weighted by Gasteiger charge is 2.16. The summed E-state index contributed by atoms with van der Waals surface area (Å²) in [7, 11) is 0. The van der Waals surface area contributed by atoms with E-state index in [0.29, 0.717) is 11.3 Å². The lowest BCUT2D eigenvalue weighted by molar-refractivity contribution is 0.174. The van der Waals surface area contributed by atoms with Crippen LogP contribution in [-0.4, -0.2) is 17.0 Å². The molecule has 1 aliphatic heterocycles. The second-order valence-corrected chi connectivity index (χ2v) is 4.33. The summed E-state index contributed by atoms with van der Waals surface area (Å²) < 4.78 is 23.8. The van der Waals surface area contributed by atoms with Crippen LogP contribution in [0.25, 0.3) is 22.2 Å². The van der Waals surface area contributed by atoms with E-state index >= 15 is 0 Å². The number of nitrogens with one attached hydrogen (secondary N) is 1. The SMILES string of the molecule is Fc1ccc2c(-c3ccc4c(c3)OCO4)n[nH]c2c1. The Hall–Kier alpha value is -2.56. The van der Waals surface area contributed by atoms with Gasteiger partial charge in [-0.25, -0.2) is 4.39 Å². The molecule has 4 rings (SSSR count). The minimum Gasteiger partial charge on any atom is -0.454 e. The van der Waals surface area contributed by atoms with Gasteiger partial charge in [-0.15, -0.1) is 0 Å². The van der Waals surface area contributed by atoms with Crippen molar-refractivity contribution >= 4 is 10.9 Å². The number of nitrogens with zero attached hydrogens (tertiary/aromatic N) is 1. The Labute approximate surface area is 107 Å². The van der Waals surface area contributed by atoms with Gasteiger partial charge in [-0.2, -0.15) is 5.10 Å². The van der Waals surface area contributed by atoms with E-state index in [-0.39, 0.29) is 12.6 Å². The Bertz CT molecular complexity index is 782. The van der Waals surface area contributed by atoms with Crippen LogP contribution < -0.4 is 9.47 Å². The van der Waals surface area contributed by atoms with E-state index in [1.165, 1.54) is 12.1 Å². The number of aromatic amines is 1. The van der Waals surface area contributed by atoms with Crippen LogP contribution in [0.3, 0.4) is 0 Å². The zero-order chi connectivity index (χ0) is 12.8. The van der Waals surface area contributed by atoms with Crippen molar-refractivity contribution in [3.63, 3.8) is 0 Å². The normalized spacial score (nSPS) is 13.1. The molecule has 0 unspecified atom stereocenters. The van der Waals surface area contributed by atoms with Crippen LogP contribution in [-0.2, 0) is 0 Å². The molecule has 2 aromatic carbocycles. The van der Waals surface area contributed by atoms with E-state index in [2.05, 4.69) is 10.2 Å². The van der Waals surface area contributed by atoms with Crippen LogP contribution in [0.5, 0.6) is 11.5 Å². The molecule has 0 fully saturated rings. The molecule has 0 atom stereocenters. The number of H-pyrrole nitrogens is 1. The van der Waals surface area contributed by atoms with Gasteiger partial charge < -0.3 is 9.47 Å². The molecule has 3 aromatic rings. The second kappa shape index (κ2) is 3.71. The lowest BCUT2D eigenvalue weighted by Gasteiger charge is -2.00. The van der Waals surface area contributed by atoms with Crippen molar-refractivity contribution in [3.05, 3.63) is 42.2 Å². The molecule has 0 radical (unpaired) electrons. The van der Waals surface area contributed by atoms with Gasteiger partial charge in [-0.3, -0.25) is 5.10 Å². The molecule has 1 aliphatic rings. The number of fused-ring (bicyclic) bond motifs is 2. The van der Waals surface area contributed by atoms with Gasteiger partial charge in [-0.1, -0.05) is 0 Å². The highest BCUT2D eigenvalue weighted by atomic mass is 19.1. The van der Waals surface area contributed by atoms with Gasteiger partial charge in [0.25, 0.3) is 0 Å². The van der Waals surface area contributed by atoms with Crippen LogP contribution in [0, 0.1) is 5.82 Å². The molecule has 94 valence electrons. The van der Waals surface area contributed by atoms with Gasteiger partial charge in [0, 0.05) is 10.9 Å². The summed E-state index contributed by atoms with van der Waals surface area (Å²) in [5, 5.41) is 7.95. The van der Waals surface area contributed by atoms with E-state index in [1.54, 1.807) is 6.07 Å². The first-order valence-corrected chi connectivity index (χ1v) is 5.85. The van der Waals surface area contributed by atoms with Crippen LogP contribution in [0.15, 0.2) is 36.4 Å². The smallest absolute Gasteiger partial charge is 0.231 e. The highest BCUT2D eigenvalue weighted by Crippen LogP contribution is 2.37. The summed E-state index contributed by atoms with van der Waals surface area (Å²) in [5.74, 6) is 1.15. The molecule has 0 amide bonds. The van der Waals surface area contributed by atoms with Crippen molar-refractivity contribution in [2.75, 3.05) is 6.79 Å². The average Bonchev–Trinajstić information content (AvgIpc) is 3.02. The van der Waals surface area contributed by atoms with Gasteiger partial charge in [0.2, 0.25) is 6.79 Å². The molecular formula is C14H9FN2O2. The predicted molar refractivity (Wildman–Crippen MR) is 67.6 cm³/mol. The maximum atomic E-state index is 13.1. The molecule has 1 aromatic heterocycles. The number of rotatable bonds is 1. The van der Waals surface area contributed by atoms with Gasteiger partial charge in [0.15, 0.2) is 11.5 Å². The minimum atomic E-state index is -0.284. The summed E-state index contributed by atoms with van der Waals surface area (Å²) in [6, 6.07) is 10.2. The molecule has 0 spiro atoms. The van der Waals surface area contributed by atoms with E-state index in [4.69, 9.17) is 9.47 Å². The van der Waals surface area contributed by atoms with Crippen LogP contribution >= 0.6 is 0 Å². The number of benzene rings is 2. The maximum Gasteiger partial charge on any atom is 0.231 e. The molecule has 1 N–H and O–H groups in total. The molecule has 0 aliphatic carbocycles. The molecule has 4 nitrogen and oxygen atoms in total. The van der Waals surface area contributed by atoms with E-state index < -0.39 is 0 Å². The van der Waals surface area contributed by atoms with E-state index in [9.17, 15) is 4.39 Å². The first kappa shape index (κ1) is 10.4. The summed E-state index contributed by atoms with van der Waals surface area (Å²) in [4.78, 5) is 0. The van der Waals surface area contributed by atoms with Gasteiger partial charge in [-0.05, 0) is 36.4 Å². The fraction of sp³-hybridized carbons (Fsp3) is 0.0714. The van der Waals surface area contributed by atoms with Crippen molar-refractivity contribution < 1.29 is 13.9 Å². The van der Waals surface area contributed by atoms with Crippen LogP contribution in [0.1, 0.15) is 0 Å². The third-order valence-electron chi connectivity index (χ3n) is 3.17. The minimum absolute atomic E-state index is 0.241. The van der Waals surface area contributed by atoms with Crippen LogP contribution in [0.2, 0.25) is 0 Å². The Kier molecular flexibility index (Phi) is 2.03. The van der Waals surface area contributed by atoms with E-state index in [0.717, 1.165) is 22.4 Å². The van der Waals surface area contributed by atoms with Crippen molar-refractivity contribution in [1.29, 1.82) is 0 Å². The molecule has 0 saturated heterocycles. The highest BCUT2D eigenvalue weighted by molar-refractivity contribution is 5.93. The maximum absolute atomic E-state index is 13.1. The Morgan fingerprint density at radius 2 is 1.95 bits per heavy atom. The molecule has 0 bridgehead atoms. The van der Waals surface area contributed by atoms with Gasteiger partial charge in [0.1, 0.15) is 11.5 Å². The zero-order valence-corrected chi connectivity index (χ0v) is 9.81. The number of aromatic nitrogens is 2. The standard InChI is InChI=1S/C14H9FN2O2/c15-9-2-3-10-11(6-9)16-17-14(10)8-1-4-12-13(5-8)19-7-18-12/h1-6H,7H2,(H,16,17). The molecule has 5 heteroatoms. The monoisotopic (exact) mass is 256 g/mol. The topological polar surface area (TPSA) is 47.1 Å². The average molecular weight is 256 g/mol. The van der Waals surface area contributed by atoms with Gasteiger partial charge in [0.05, 0.1) is 5.52 Å². The zero-order valence-electron chi connectivity index (χ0n) is 9.81. The summed E-state index contributed by atoms with van der Waals surface area (Å²) in [6.45, 7) is 0.241. The lowest BCUT2D eigenvalue weighted by atomic mass is 10.1. The van der Waals surface area contributed by atoms with E-state index in [1.807, 2.05) is 18.2 Å². The van der Waals surface area contributed by atoms with Crippen molar-refractivity contribution in [2.45, 2.75) is 0 Å². The first-order chi connectivity index (χ1) is 9.31. The number of ether oxygens (including phenoxy) is 2. The van der Waals surface area contributed by atoms with Crippen molar-refractivity contribution in [3.8, 4) is 22.8 Å². The molecule has 19 heavy (non-hydrogen) atoms.